The molecule has 1 saturated heterocycles. The second-order valence-electron chi connectivity index (χ2n) is 8.39. The Balaban J connectivity index is 1.44. The van der Waals surface area contributed by atoms with E-state index >= 15 is 0 Å². The molecule has 1 fully saturated rings. The molecule has 2 aromatic rings. The molecule has 1 aromatic carbocycles. The van der Waals surface area contributed by atoms with E-state index in [1.165, 1.54) is 0 Å². The summed E-state index contributed by atoms with van der Waals surface area (Å²) in [7, 11) is 1.71. The number of ether oxygens (including phenoxy) is 2. The van der Waals surface area contributed by atoms with Gasteiger partial charge in [0.2, 0.25) is 11.8 Å². The summed E-state index contributed by atoms with van der Waals surface area (Å²) in [6.45, 7) is 3.86. The van der Waals surface area contributed by atoms with Crippen LogP contribution in [-0.4, -0.2) is 59.7 Å². The molecule has 0 unspecified atom stereocenters. The van der Waals surface area contributed by atoms with Gasteiger partial charge in [-0.25, -0.2) is 9.97 Å². The van der Waals surface area contributed by atoms with Crippen LogP contribution in [0, 0.1) is 6.92 Å². The van der Waals surface area contributed by atoms with Gasteiger partial charge in [-0.2, -0.15) is 0 Å². The highest BCUT2D eigenvalue weighted by Crippen LogP contribution is 2.29. The first-order valence-electron chi connectivity index (χ1n) is 11.1. The number of amides is 2. The molecule has 0 aliphatic carbocycles. The van der Waals surface area contributed by atoms with Gasteiger partial charge in [0, 0.05) is 31.3 Å². The molecule has 8 heteroatoms. The Labute approximate surface area is 188 Å². The lowest BCUT2D eigenvalue weighted by Gasteiger charge is -2.30. The van der Waals surface area contributed by atoms with Gasteiger partial charge in [0.15, 0.2) is 0 Å². The number of carbonyl (C=O) groups excluding carboxylic acids is 2. The lowest BCUT2D eigenvalue weighted by Crippen LogP contribution is -2.37. The van der Waals surface area contributed by atoms with Crippen LogP contribution < -0.4 is 4.90 Å². The van der Waals surface area contributed by atoms with Crippen LogP contribution in [-0.2, 0) is 38.6 Å². The van der Waals surface area contributed by atoms with Gasteiger partial charge in [-0.15, -0.1) is 0 Å². The number of fused-ring (bicyclic) bond motifs is 1. The monoisotopic (exact) mass is 438 g/mol. The topological polar surface area (TPSA) is 84.9 Å². The summed E-state index contributed by atoms with van der Waals surface area (Å²) in [6, 6.07) is 9.88. The molecule has 0 spiro atoms. The predicted molar refractivity (Wildman–Crippen MR) is 119 cm³/mol. The van der Waals surface area contributed by atoms with Crippen LogP contribution in [0.5, 0.6) is 0 Å². The van der Waals surface area contributed by atoms with Crippen molar-refractivity contribution in [2.45, 2.75) is 51.8 Å². The fourth-order valence-electron chi connectivity index (χ4n) is 4.10. The Morgan fingerprint density at radius 2 is 2.06 bits per heavy atom. The molecule has 2 aliphatic heterocycles. The molecule has 32 heavy (non-hydrogen) atoms. The van der Waals surface area contributed by atoms with Gasteiger partial charge < -0.3 is 14.4 Å². The number of carbonyl (C=O) groups is 2. The molecule has 1 atom stereocenters. The Morgan fingerprint density at radius 3 is 2.81 bits per heavy atom. The molecular formula is C24H30N4O4. The number of hydrogen-bond donors (Lipinski definition) is 0. The standard InChI is InChI=1S/C24H30N4O4/c1-17-20-10-11-22(29)28(13-18-7-4-3-5-8-18)24(20)26-21(25-17)14-27(2)23(30)16-31-15-19-9-6-12-32-19/h3-5,7-8,19H,6,9-16H2,1-2H3/t19-/m0/s1. The number of aromatic nitrogens is 2. The zero-order valence-corrected chi connectivity index (χ0v) is 18.7. The smallest absolute Gasteiger partial charge is 0.248 e. The molecule has 3 heterocycles. The van der Waals surface area contributed by atoms with Gasteiger partial charge in [-0.3, -0.25) is 14.5 Å². The molecule has 170 valence electrons. The normalized spacial score (nSPS) is 18.0. The van der Waals surface area contributed by atoms with E-state index in [2.05, 4.69) is 4.98 Å². The third-order valence-electron chi connectivity index (χ3n) is 5.93. The largest absolute Gasteiger partial charge is 0.376 e. The van der Waals surface area contributed by atoms with Crippen molar-refractivity contribution in [3.8, 4) is 0 Å². The lowest BCUT2D eigenvalue weighted by atomic mass is 10.0. The highest BCUT2D eigenvalue weighted by atomic mass is 16.5. The van der Waals surface area contributed by atoms with Crippen LogP contribution >= 0.6 is 0 Å². The predicted octanol–water partition coefficient (Wildman–Crippen LogP) is 2.42. The summed E-state index contributed by atoms with van der Waals surface area (Å²) in [5.74, 6) is 1.09. The summed E-state index contributed by atoms with van der Waals surface area (Å²) in [5.41, 5.74) is 2.89. The molecular weight excluding hydrogens is 408 g/mol. The number of benzene rings is 1. The Hall–Kier alpha value is -2.84. The van der Waals surface area contributed by atoms with Gasteiger partial charge in [0.1, 0.15) is 18.2 Å². The quantitative estimate of drug-likeness (QED) is 0.629. The number of aryl methyl sites for hydroxylation is 1. The van der Waals surface area contributed by atoms with Crippen molar-refractivity contribution in [3.05, 3.63) is 53.0 Å². The fraction of sp³-hybridized carbons (Fsp3) is 0.500. The molecule has 2 aliphatic rings. The number of anilines is 1. The maximum absolute atomic E-state index is 12.7. The summed E-state index contributed by atoms with van der Waals surface area (Å²) < 4.78 is 11.1. The molecule has 0 bridgehead atoms. The number of hydrogen-bond acceptors (Lipinski definition) is 6. The first kappa shape index (κ1) is 22.4. The molecule has 0 N–H and O–H groups in total. The van der Waals surface area contributed by atoms with Crippen LogP contribution in [0.15, 0.2) is 30.3 Å². The third kappa shape index (κ3) is 5.31. The van der Waals surface area contributed by atoms with Gasteiger partial charge in [0.05, 0.1) is 25.8 Å². The van der Waals surface area contributed by atoms with E-state index in [4.69, 9.17) is 14.5 Å². The van der Waals surface area contributed by atoms with Crippen molar-refractivity contribution in [1.82, 2.24) is 14.9 Å². The summed E-state index contributed by atoms with van der Waals surface area (Å²) in [5, 5.41) is 0. The number of likely N-dealkylation sites (N-methyl/N-ethyl adjacent to an activating group) is 1. The van der Waals surface area contributed by atoms with Crippen LogP contribution in [0.25, 0.3) is 0 Å². The van der Waals surface area contributed by atoms with E-state index in [1.807, 2.05) is 37.3 Å². The lowest BCUT2D eigenvalue weighted by molar-refractivity contribution is -0.136. The minimum Gasteiger partial charge on any atom is -0.376 e. The number of nitrogens with zero attached hydrogens (tertiary/aromatic N) is 4. The average Bonchev–Trinajstić information content (AvgIpc) is 3.30. The van der Waals surface area contributed by atoms with Gasteiger partial charge >= 0.3 is 0 Å². The van der Waals surface area contributed by atoms with E-state index in [0.29, 0.717) is 37.6 Å². The second kappa shape index (κ2) is 10.2. The van der Waals surface area contributed by atoms with Crippen LogP contribution in [0.2, 0.25) is 0 Å². The molecule has 1 aromatic heterocycles. The summed E-state index contributed by atoms with van der Waals surface area (Å²) in [4.78, 5) is 37.8. The maximum atomic E-state index is 12.7. The van der Waals surface area contributed by atoms with Crippen molar-refractivity contribution in [2.24, 2.45) is 0 Å². The van der Waals surface area contributed by atoms with Crippen molar-refractivity contribution in [3.63, 3.8) is 0 Å². The second-order valence-corrected chi connectivity index (χ2v) is 8.39. The molecule has 0 saturated carbocycles. The van der Waals surface area contributed by atoms with E-state index in [-0.39, 0.29) is 31.1 Å². The average molecular weight is 439 g/mol. The van der Waals surface area contributed by atoms with Gasteiger partial charge in [0.25, 0.3) is 0 Å². The molecule has 0 radical (unpaired) electrons. The van der Waals surface area contributed by atoms with Gasteiger partial charge in [-0.1, -0.05) is 30.3 Å². The minimum atomic E-state index is -0.140. The van der Waals surface area contributed by atoms with Crippen molar-refractivity contribution in [2.75, 3.05) is 31.8 Å². The van der Waals surface area contributed by atoms with Gasteiger partial charge in [-0.05, 0) is 31.7 Å². The summed E-state index contributed by atoms with van der Waals surface area (Å²) in [6.07, 6.45) is 3.19. The SMILES string of the molecule is Cc1nc(CN(C)C(=O)COC[C@@H]2CCCO2)nc2c1CCC(=O)N2Cc1ccccc1. The first-order valence-corrected chi connectivity index (χ1v) is 11.1. The minimum absolute atomic E-state index is 0.00109. The van der Waals surface area contributed by atoms with Crippen molar-refractivity contribution >= 4 is 17.6 Å². The zero-order valence-electron chi connectivity index (χ0n) is 18.7. The Kier molecular flexibility index (Phi) is 7.12. The Bertz CT molecular complexity index is 960. The van der Waals surface area contributed by atoms with E-state index in [0.717, 1.165) is 36.3 Å². The number of rotatable bonds is 8. The molecule has 2 amide bonds. The van der Waals surface area contributed by atoms with E-state index in [9.17, 15) is 9.59 Å². The highest BCUT2D eigenvalue weighted by molar-refractivity contribution is 5.95. The highest BCUT2D eigenvalue weighted by Gasteiger charge is 2.28. The van der Waals surface area contributed by atoms with Crippen LogP contribution in [0.3, 0.4) is 0 Å². The third-order valence-corrected chi connectivity index (χ3v) is 5.93. The van der Waals surface area contributed by atoms with Crippen molar-refractivity contribution in [1.29, 1.82) is 0 Å². The summed E-state index contributed by atoms with van der Waals surface area (Å²) >= 11 is 0. The van der Waals surface area contributed by atoms with E-state index in [1.54, 1.807) is 16.8 Å². The van der Waals surface area contributed by atoms with Crippen LogP contribution in [0.1, 0.15) is 41.9 Å². The fourth-order valence-corrected chi connectivity index (χ4v) is 4.10. The maximum Gasteiger partial charge on any atom is 0.248 e. The van der Waals surface area contributed by atoms with Crippen LogP contribution in [0.4, 0.5) is 5.82 Å². The van der Waals surface area contributed by atoms with E-state index < -0.39 is 0 Å². The molecule has 8 nitrogen and oxygen atoms in total. The Morgan fingerprint density at radius 1 is 1.25 bits per heavy atom. The first-order chi connectivity index (χ1) is 15.5. The van der Waals surface area contributed by atoms with Crippen molar-refractivity contribution < 1.29 is 19.1 Å². The molecule has 4 rings (SSSR count). The zero-order chi connectivity index (χ0) is 22.5.